The summed E-state index contributed by atoms with van der Waals surface area (Å²) < 4.78 is 0. The molecule has 0 aliphatic carbocycles. The number of aliphatic carboxylic acids is 1. The van der Waals surface area contributed by atoms with Gasteiger partial charge >= 0.3 is 5.97 Å². The molecule has 1 heterocycles. The number of likely N-dealkylation sites (tertiary alicyclic amines) is 1. The molecule has 1 aliphatic rings. The smallest absolute Gasteiger partial charge is 0.306 e. The van der Waals surface area contributed by atoms with Crippen LogP contribution in [0.5, 0.6) is 0 Å². The molecule has 100 valence electrons. The fourth-order valence-corrected chi connectivity index (χ4v) is 2.20. The van der Waals surface area contributed by atoms with Gasteiger partial charge in [0.2, 0.25) is 0 Å². The summed E-state index contributed by atoms with van der Waals surface area (Å²) >= 11 is 0. The maximum Gasteiger partial charge on any atom is 0.306 e. The van der Waals surface area contributed by atoms with E-state index in [9.17, 15) is 9.90 Å². The number of aliphatic hydroxyl groups excluding tert-OH is 1. The fraction of sp³-hybridized carbons (Fsp3) is 0.917. The standard InChI is InChI=1S/C12H24N2O3/c1-10(9-14-5-3-2-4-6-14)13-8-11(15)7-12(16)17/h10-11,13,15H,2-9H2,1H3,(H,16,17). The highest BCUT2D eigenvalue weighted by Crippen LogP contribution is 2.08. The zero-order chi connectivity index (χ0) is 12.7. The highest BCUT2D eigenvalue weighted by molar-refractivity contribution is 5.67. The summed E-state index contributed by atoms with van der Waals surface area (Å²) in [7, 11) is 0. The average Bonchev–Trinajstić information content (AvgIpc) is 2.27. The van der Waals surface area contributed by atoms with Crippen LogP contribution in [0.1, 0.15) is 32.6 Å². The normalized spacial score (nSPS) is 21.1. The van der Waals surface area contributed by atoms with E-state index in [0.717, 1.165) is 19.6 Å². The van der Waals surface area contributed by atoms with Crippen LogP contribution < -0.4 is 5.32 Å². The summed E-state index contributed by atoms with van der Waals surface area (Å²) in [6.45, 7) is 5.70. The molecule has 0 aromatic heterocycles. The lowest BCUT2D eigenvalue weighted by Gasteiger charge is -2.29. The van der Waals surface area contributed by atoms with Gasteiger partial charge in [-0.3, -0.25) is 4.79 Å². The van der Waals surface area contributed by atoms with Crippen molar-refractivity contribution in [2.45, 2.75) is 44.8 Å². The Morgan fingerprint density at radius 1 is 1.35 bits per heavy atom. The molecule has 0 spiro atoms. The summed E-state index contributed by atoms with van der Waals surface area (Å²) in [6.07, 6.45) is 2.89. The first-order valence-electron chi connectivity index (χ1n) is 6.43. The molecule has 5 heteroatoms. The third-order valence-corrected chi connectivity index (χ3v) is 3.09. The van der Waals surface area contributed by atoms with Crippen LogP contribution in [0.25, 0.3) is 0 Å². The largest absolute Gasteiger partial charge is 0.481 e. The maximum atomic E-state index is 10.4. The summed E-state index contributed by atoms with van der Waals surface area (Å²) in [5.74, 6) is -0.956. The van der Waals surface area contributed by atoms with Crippen LogP contribution in [-0.4, -0.2) is 59.4 Å². The molecule has 2 atom stereocenters. The van der Waals surface area contributed by atoms with Gasteiger partial charge in [-0.2, -0.15) is 0 Å². The predicted octanol–water partition coefficient (Wildman–Crippen LogP) is 0.286. The topological polar surface area (TPSA) is 72.8 Å². The van der Waals surface area contributed by atoms with Crippen molar-refractivity contribution < 1.29 is 15.0 Å². The maximum absolute atomic E-state index is 10.4. The highest BCUT2D eigenvalue weighted by atomic mass is 16.4. The van der Waals surface area contributed by atoms with Crippen LogP contribution in [-0.2, 0) is 4.79 Å². The van der Waals surface area contributed by atoms with E-state index in [-0.39, 0.29) is 12.5 Å². The van der Waals surface area contributed by atoms with Crippen LogP contribution >= 0.6 is 0 Å². The van der Waals surface area contributed by atoms with Crippen LogP contribution in [0.4, 0.5) is 0 Å². The van der Waals surface area contributed by atoms with Gasteiger partial charge in [0.15, 0.2) is 0 Å². The van der Waals surface area contributed by atoms with Gasteiger partial charge in [0, 0.05) is 19.1 Å². The second-order valence-electron chi connectivity index (χ2n) is 4.92. The average molecular weight is 244 g/mol. The molecular weight excluding hydrogens is 220 g/mol. The van der Waals surface area contributed by atoms with E-state index < -0.39 is 12.1 Å². The number of carboxylic acids is 1. The van der Waals surface area contributed by atoms with Crippen LogP contribution in [0.15, 0.2) is 0 Å². The Bertz CT molecular complexity index is 230. The van der Waals surface area contributed by atoms with Crippen molar-refractivity contribution in [3.63, 3.8) is 0 Å². The van der Waals surface area contributed by atoms with Gasteiger partial charge < -0.3 is 20.4 Å². The van der Waals surface area contributed by atoms with Gasteiger partial charge in [-0.05, 0) is 32.9 Å². The van der Waals surface area contributed by atoms with Gasteiger partial charge in [-0.1, -0.05) is 6.42 Å². The lowest BCUT2D eigenvalue weighted by molar-refractivity contribution is -0.139. The van der Waals surface area contributed by atoms with Crippen molar-refractivity contribution in [1.82, 2.24) is 10.2 Å². The van der Waals surface area contributed by atoms with Gasteiger partial charge in [0.05, 0.1) is 12.5 Å². The minimum absolute atomic E-state index is 0.191. The summed E-state index contributed by atoms with van der Waals surface area (Å²) in [5, 5.41) is 21.1. The zero-order valence-electron chi connectivity index (χ0n) is 10.6. The Kier molecular flexibility index (Phi) is 6.47. The minimum Gasteiger partial charge on any atom is -0.481 e. The van der Waals surface area contributed by atoms with Crippen molar-refractivity contribution >= 4 is 5.97 Å². The molecule has 0 aromatic rings. The number of piperidine rings is 1. The van der Waals surface area contributed by atoms with Crippen LogP contribution in [0.3, 0.4) is 0 Å². The SMILES string of the molecule is CC(CN1CCCCC1)NCC(O)CC(=O)O. The monoisotopic (exact) mass is 244 g/mol. The Morgan fingerprint density at radius 2 is 2.00 bits per heavy atom. The molecule has 5 nitrogen and oxygen atoms in total. The van der Waals surface area contributed by atoms with Crippen molar-refractivity contribution in [3.05, 3.63) is 0 Å². The second kappa shape index (κ2) is 7.63. The summed E-state index contributed by atoms with van der Waals surface area (Å²) in [6, 6.07) is 0.288. The molecule has 2 unspecified atom stereocenters. The van der Waals surface area contributed by atoms with E-state index in [1.165, 1.54) is 19.3 Å². The number of aliphatic hydroxyl groups is 1. The first-order chi connectivity index (χ1) is 8.08. The fourth-order valence-electron chi connectivity index (χ4n) is 2.20. The molecule has 3 N–H and O–H groups in total. The highest BCUT2D eigenvalue weighted by Gasteiger charge is 2.15. The predicted molar refractivity (Wildman–Crippen MR) is 66.0 cm³/mol. The Labute approximate surface area is 103 Å². The number of carbonyl (C=O) groups is 1. The van der Waals surface area contributed by atoms with E-state index in [1.807, 2.05) is 0 Å². The van der Waals surface area contributed by atoms with Crippen molar-refractivity contribution in [2.24, 2.45) is 0 Å². The van der Waals surface area contributed by atoms with E-state index in [2.05, 4.69) is 17.1 Å². The van der Waals surface area contributed by atoms with Gasteiger partial charge in [0.25, 0.3) is 0 Å². The molecule has 0 aromatic carbocycles. The second-order valence-corrected chi connectivity index (χ2v) is 4.92. The molecular formula is C12H24N2O3. The number of carboxylic acid groups (broad SMARTS) is 1. The van der Waals surface area contributed by atoms with Crippen LogP contribution in [0.2, 0.25) is 0 Å². The quantitative estimate of drug-likeness (QED) is 0.600. The summed E-state index contributed by atoms with van der Waals surface area (Å²) in [4.78, 5) is 12.8. The molecule has 17 heavy (non-hydrogen) atoms. The third-order valence-electron chi connectivity index (χ3n) is 3.09. The van der Waals surface area contributed by atoms with Gasteiger partial charge in [-0.25, -0.2) is 0 Å². The first kappa shape index (κ1) is 14.4. The number of hydrogen-bond donors (Lipinski definition) is 3. The van der Waals surface area contributed by atoms with Crippen LogP contribution in [0, 0.1) is 0 Å². The number of rotatable bonds is 7. The van der Waals surface area contributed by atoms with E-state index in [4.69, 9.17) is 5.11 Å². The first-order valence-corrected chi connectivity index (χ1v) is 6.43. The third kappa shape index (κ3) is 6.61. The van der Waals surface area contributed by atoms with Gasteiger partial charge in [0.1, 0.15) is 0 Å². The lowest BCUT2D eigenvalue weighted by atomic mass is 10.1. The van der Waals surface area contributed by atoms with Crippen molar-refractivity contribution in [3.8, 4) is 0 Å². The summed E-state index contributed by atoms with van der Waals surface area (Å²) in [5.41, 5.74) is 0. The van der Waals surface area contributed by atoms with E-state index in [1.54, 1.807) is 0 Å². The van der Waals surface area contributed by atoms with E-state index in [0.29, 0.717) is 6.54 Å². The molecule has 1 saturated heterocycles. The molecule has 1 rings (SSSR count). The Hall–Kier alpha value is -0.650. The van der Waals surface area contributed by atoms with E-state index >= 15 is 0 Å². The van der Waals surface area contributed by atoms with Crippen molar-refractivity contribution in [1.29, 1.82) is 0 Å². The molecule has 0 radical (unpaired) electrons. The molecule has 1 fully saturated rings. The molecule has 0 saturated carbocycles. The molecule has 0 bridgehead atoms. The Balaban J connectivity index is 2.11. The molecule has 0 amide bonds. The Morgan fingerprint density at radius 3 is 2.59 bits per heavy atom. The van der Waals surface area contributed by atoms with Crippen molar-refractivity contribution in [2.75, 3.05) is 26.2 Å². The zero-order valence-corrected chi connectivity index (χ0v) is 10.6. The number of nitrogens with one attached hydrogen (secondary N) is 1. The number of nitrogens with zero attached hydrogens (tertiary/aromatic N) is 1. The lowest BCUT2D eigenvalue weighted by Crippen LogP contribution is -2.43. The van der Waals surface area contributed by atoms with Gasteiger partial charge in [-0.15, -0.1) is 0 Å². The number of hydrogen-bond acceptors (Lipinski definition) is 4. The minimum atomic E-state index is -0.956. The molecule has 1 aliphatic heterocycles.